The fraction of sp³-hybridized carbons (Fsp3) is 0.727. The maximum atomic E-state index is 11.3. The van der Waals surface area contributed by atoms with Gasteiger partial charge < -0.3 is 10.6 Å². The van der Waals surface area contributed by atoms with Crippen molar-refractivity contribution in [1.82, 2.24) is 10.6 Å². The van der Waals surface area contributed by atoms with E-state index in [9.17, 15) is 9.59 Å². The molecule has 0 spiro atoms. The van der Waals surface area contributed by atoms with Crippen LogP contribution in [0, 0.1) is 16.7 Å². The fourth-order valence-electron chi connectivity index (χ4n) is 1.77. The quantitative estimate of drug-likeness (QED) is 0.520. The van der Waals surface area contributed by atoms with E-state index in [0.717, 1.165) is 25.7 Å². The molecule has 88 valence electrons. The molecular formula is C11H17N3O2. The summed E-state index contributed by atoms with van der Waals surface area (Å²) >= 11 is 0. The number of rotatable bonds is 5. The van der Waals surface area contributed by atoms with E-state index in [1.807, 2.05) is 0 Å². The van der Waals surface area contributed by atoms with E-state index in [2.05, 4.69) is 17.6 Å². The largest absolute Gasteiger partial charge is 0.347 e. The first kappa shape index (κ1) is 12.5. The molecule has 0 heterocycles. The summed E-state index contributed by atoms with van der Waals surface area (Å²) in [5.41, 5.74) is 0.236. The Morgan fingerprint density at radius 3 is 2.44 bits per heavy atom. The van der Waals surface area contributed by atoms with Gasteiger partial charge in [-0.25, -0.2) is 0 Å². The summed E-state index contributed by atoms with van der Waals surface area (Å²) < 4.78 is 0. The van der Waals surface area contributed by atoms with Crippen LogP contribution in [-0.2, 0) is 9.59 Å². The van der Waals surface area contributed by atoms with Gasteiger partial charge in [0.1, 0.15) is 6.54 Å². The highest BCUT2D eigenvalue weighted by atomic mass is 16.2. The van der Waals surface area contributed by atoms with Crippen molar-refractivity contribution >= 4 is 11.8 Å². The van der Waals surface area contributed by atoms with Gasteiger partial charge in [-0.2, -0.15) is 5.26 Å². The number of amides is 2. The Hall–Kier alpha value is -1.57. The minimum atomic E-state index is -0.728. The maximum absolute atomic E-state index is 11.3. The Bertz CT molecular complexity index is 316. The van der Waals surface area contributed by atoms with Crippen LogP contribution >= 0.6 is 0 Å². The predicted octanol–water partition coefficient (Wildman–Crippen LogP) is 0.323. The van der Waals surface area contributed by atoms with E-state index < -0.39 is 11.8 Å². The Labute approximate surface area is 95.2 Å². The molecule has 0 bridgehead atoms. The third-order valence-electron chi connectivity index (χ3n) is 2.90. The summed E-state index contributed by atoms with van der Waals surface area (Å²) in [7, 11) is 0. The molecule has 1 rings (SSSR count). The molecule has 5 nitrogen and oxygen atoms in total. The predicted molar refractivity (Wildman–Crippen MR) is 58.2 cm³/mol. The fourth-order valence-corrected chi connectivity index (χ4v) is 1.77. The Balaban J connectivity index is 2.25. The van der Waals surface area contributed by atoms with Crippen LogP contribution in [0.1, 0.15) is 32.6 Å². The topological polar surface area (TPSA) is 82.0 Å². The van der Waals surface area contributed by atoms with Crippen LogP contribution in [0.25, 0.3) is 0 Å². The molecule has 0 aliphatic heterocycles. The molecule has 1 aliphatic rings. The highest BCUT2D eigenvalue weighted by Crippen LogP contribution is 2.48. The molecular weight excluding hydrogens is 206 g/mol. The van der Waals surface area contributed by atoms with Crippen molar-refractivity contribution in [2.75, 3.05) is 13.1 Å². The van der Waals surface area contributed by atoms with Gasteiger partial charge in [-0.1, -0.05) is 13.3 Å². The normalized spacial score (nSPS) is 16.0. The number of nitriles is 1. The minimum absolute atomic E-state index is 0.133. The minimum Gasteiger partial charge on any atom is -0.347 e. The molecule has 0 saturated heterocycles. The second-order valence-corrected chi connectivity index (χ2v) is 4.27. The maximum Gasteiger partial charge on any atom is 0.310 e. The van der Waals surface area contributed by atoms with Gasteiger partial charge in [0.25, 0.3) is 0 Å². The lowest BCUT2D eigenvalue weighted by Crippen LogP contribution is -2.42. The molecule has 0 atom stereocenters. The first-order chi connectivity index (χ1) is 7.63. The molecule has 0 aromatic heterocycles. The zero-order chi connectivity index (χ0) is 12.0. The van der Waals surface area contributed by atoms with Crippen LogP contribution < -0.4 is 10.6 Å². The average molecular weight is 223 g/mol. The summed E-state index contributed by atoms with van der Waals surface area (Å²) in [5.74, 6) is -1.37. The van der Waals surface area contributed by atoms with Crippen molar-refractivity contribution in [3.05, 3.63) is 0 Å². The lowest BCUT2D eigenvalue weighted by Gasteiger charge is -2.14. The molecule has 5 heteroatoms. The van der Waals surface area contributed by atoms with Crippen LogP contribution in [0.5, 0.6) is 0 Å². The van der Waals surface area contributed by atoms with E-state index in [-0.39, 0.29) is 12.0 Å². The molecule has 1 saturated carbocycles. The van der Waals surface area contributed by atoms with E-state index in [1.54, 1.807) is 6.07 Å². The second-order valence-electron chi connectivity index (χ2n) is 4.27. The van der Waals surface area contributed by atoms with Crippen LogP contribution in [0.15, 0.2) is 0 Å². The SMILES string of the molecule is CCCC1(CNC(=O)C(=O)NCC#N)CC1. The van der Waals surface area contributed by atoms with Crippen LogP contribution in [0.2, 0.25) is 0 Å². The third kappa shape index (κ3) is 3.54. The molecule has 1 fully saturated rings. The van der Waals surface area contributed by atoms with Crippen molar-refractivity contribution in [2.24, 2.45) is 5.41 Å². The van der Waals surface area contributed by atoms with Crippen LogP contribution in [-0.4, -0.2) is 24.9 Å². The highest BCUT2D eigenvalue weighted by molar-refractivity contribution is 6.35. The Morgan fingerprint density at radius 1 is 1.31 bits per heavy atom. The molecule has 0 aromatic carbocycles. The van der Waals surface area contributed by atoms with Crippen LogP contribution in [0.4, 0.5) is 0 Å². The van der Waals surface area contributed by atoms with Gasteiger partial charge in [-0.15, -0.1) is 0 Å². The van der Waals surface area contributed by atoms with E-state index in [0.29, 0.717) is 6.54 Å². The smallest absolute Gasteiger partial charge is 0.310 e. The number of nitrogens with zero attached hydrogens (tertiary/aromatic N) is 1. The number of carbonyl (C=O) groups excluding carboxylic acids is 2. The molecule has 0 radical (unpaired) electrons. The molecule has 0 aromatic rings. The lowest BCUT2D eigenvalue weighted by atomic mass is 10.0. The summed E-state index contributed by atoms with van der Waals surface area (Å²) in [4.78, 5) is 22.4. The first-order valence-electron chi connectivity index (χ1n) is 5.56. The molecule has 1 aliphatic carbocycles. The molecule has 16 heavy (non-hydrogen) atoms. The van der Waals surface area contributed by atoms with Gasteiger partial charge in [0.05, 0.1) is 6.07 Å². The van der Waals surface area contributed by atoms with Crippen molar-refractivity contribution in [2.45, 2.75) is 32.6 Å². The van der Waals surface area contributed by atoms with Gasteiger partial charge in [0, 0.05) is 6.54 Å². The second kappa shape index (κ2) is 5.50. The average Bonchev–Trinajstić information content (AvgIpc) is 3.03. The van der Waals surface area contributed by atoms with E-state index in [1.165, 1.54) is 0 Å². The van der Waals surface area contributed by atoms with Crippen molar-refractivity contribution in [1.29, 1.82) is 5.26 Å². The zero-order valence-corrected chi connectivity index (χ0v) is 9.51. The zero-order valence-electron chi connectivity index (χ0n) is 9.51. The van der Waals surface area contributed by atoms with Gasteiger partial charge in [0.2, 0.25) is 0 Å². The molecule has 2 N–H and O–H groups in total. The third-order valence-corrected chi connectivity index (χ3v) is 2.90. The van der Waals surface area contributed by atoms with E-state index in [4.69, 9.17) is 5.26 Å². The summed E-state index contributed by atoms with van der Waals surface area (Å²) in [6, 6.07) is 1.75. The van der Waals surface area contributed by atoms with Crippen molar-refractivity contribution in [3.8, 4) is 6.07 Å². The van der Waals surface area contributed by atoms with Gasteiger partial charge in [0.15, 0.2) is 0 Å². The molecule has 2 amide bonds. The van der Waals surface area contributed by atoms with E-state index >= 15 is 0 Å². The first-order valence-corrected chi connectivity index (χ1v) is 5.56. The Kier molecular flexibility index (Phi) is 4.29. The number of carbonyl (C=O) groups is 2. The van der Waals surface area contributed by atoms with Crippen LogP contribution in [0.3, 0.4) is 0 Å². The van der Waals surface area contributed by atoms with Crippen molar-refractivity contribution < 1.29 is 9.59 Å². The highest BCUT2D eigenvalue weighted by Gasteiger charge is 2.41. The number of hydrogen-bond acceptors (Lipinski definition) is 3. The number of nitrogens with one attached hydrogen (secondary N) is 2. The van der Waals surface area contributed by atoms with Gasteiger partial charge in [-0.05, 0) is 24.7 Å². The Morgan fingerprint density at radius 2 is 1.94 bits per heavy atom. The summed E-state index contributed by atoms with van der Waals surface area (Å²) in [6.45, 7) is 2.55. The van der Waals surface area contributed by atoms with Gasteiger partial charge >= 0.3 is 11.8 Å². The monoisotopic (exact) mass is 223 g/mol. The van der Waals surface area contributed by atoms with Crippen molar-refractivity contribution in [3.63, 3.8) is 0 Å². The number of hydrogen-bond donors (Lipinski definition) is 2. The molecule has 0 unspecified atom stereocenters. The lowest BCUT2D eigenvalue weighted by molar-refractivity contribution is -0.139. The summed E-state index contributed by atoms with van der Waals surface area (Å²) in [5, 5.41) is 13.1. The van der Waals surface area contributed by atoms with Gasteiger partial charge in [-0.3, -0.25) is 9.59 Å². The standard InChI is InChI=1S/C11H17N3O2/c1-2-3-11(4-5-11)8-14-10(16)9(15)13-7-6-12/h2-5,7-8H2,1H3,(H,13,15)(H,14,16). The summed E-state index contributed by atoms with van der Waals surface area (Å²) in [6.07, 6.45) is 4.44.